The van der Waals surface area contributed by atoms with E-state index in [1.165, 1.54) is 46.2 Å². The molecule has 4 aliphatic rings. The van der Waals surface area contributed by atoms with Crippen LogP contribution in [0.2, 0.25) is 0 Å². The molecule has 0 radical (unpaired) electrons. The molecule has 2 aliphatic heterocycles. The van der Waals surface area contributed by atoms with Gasteiger partial charge in [-0.2, -0.15) is 0 Å². The van der Waals surface area contributed by atoms with Gasteiger partial charge >= 0.3 is 0 Å². The van der Waals surface area contributed by atoms with Crippen molar-refractivity contribution in [2.75, 3.05) is 26.3 Å². The predicted molar refractivity (Wildman–Crippen MR) is 149 cm³/mol. The lowest BCUT2D eigenvalue weighted by atomic mass is 9.92. The summed E-state index contributed by atoms with van der Waals surface area (Å²) in [7, 11) is 0. The molecule has 2 aliphatic carbocycles. The minimum absolute atomic E-state index is 0. The number of aryl methyl sites for hydroxylation is 2. The van der Waals surface area contributed by atoms with Crippen molar-refractivity contribution >= 4 is 30.4 Å². The van der Waals surface area contributed by atoms with E-state index in [0.29, 0.717) is 12.5 Å². The molecule has 2 aromatic rings. The maximum absolute atomic E-state index is 5.68. The molecule has 0 bridgehead atoms. The topological polar surface area (TPSA) is 70.5 Å². The van der Waals surface area contributed by atoms with Gasteiger partial charge in [-0.25, -0.2) is 0 Å². The Labute approximate surface area is 218 Å². The summed E-state index contributed by atoms with van der Waals surface area (Å²) in [5.41, 5.74) is 21.6. The lowest BCUT2D eigenvalue weighted by Crippen LogP contribution is -2.06. The lowest BCUT2D eigenvalue weighted by molar-refractivity contribution is 0.356. The van der Waals surface area contributed by atoms with E-state index in [4.69, 9.17) is 20.9 Å². The summed E-state index contributed by atoms with van der Waals surface area (Å²) in [4.78, 5) is 0. The molecule has 0 aromatic heterocycles. The average Bonchev–Trinajstić information content (AvgIpc) is 3.54. The number of benzene rings is 2. The summed E-state index contributed by atoms with van der Waals surface area (Å²) >= 11 is 0. The first-order valence-corrected chi connectivity index (χ1v) is 11.4. The highest BCUT2D eigenvalue weighted by Gasteiger charge is 2.28. The Morgan fingerprint density at radius 1 is 0.794 bits per heavy atom. The van der Waals surface area contributed by atoms with Crippen molar-refractivity contribution in [3.63, 3.8) is 0 Å². The maximum atomic E-state index is 5.68. The van der Waals surface area contributed by atoms with Crippen LogP contribution in [-0.2, 0) is 25.7 Å². The average molecular weight is 510 g/mol. The van der Waals surface area contributed by atoms with Crippen LogP contribution in [0.4, 0.5) is 0 Å². The number of halogens is 2. The van der Waals surface area contributed by atoms with Gasteiger partial charge in [-0.3, -0.25) is 0 Å². The molecule has 34 heavy (non-hydrogen) atoms. The zero-order valence-electron chi connectivity index (χ0n) is 18.5. The number of hydrogen-bond acceptors (Lipinski definition) is 4. The highest BCUT2D eigenvalue weighted by Crippen LogP contribution is 2.43. The van der Waals surface area contributed by atoms with Gasteiger partial charge in [0.2, 0.25) is 0 Å². The van der Waals surface area contributed by atoms with Crippen molar-refractivity contribution in [2.24, 2.45) is 11.5 Å². The van der Waals surface area contributed by atoms with Crippen LogP contribution in [0.3, 0.4) is 0 Å². The first-order valence-electron chi connectivity index (χ1n) is 11.4. The van der Waals surface area contributed by atoms with Crippen LogP contribution in [0.1, 0.15) is 73.4 Å². The van der Waals surface area contributed by atoms with E-state index in [-0.39, 0.29) is 39.7 Å². The molecule has 2 aromatic carbocycles. The Bertz CT molecular complexity index is 989. The van der Waals surface area contributed by atoms with Crippen LogP contribution >= 0.6 is 24.8 Å². The molecular weight excluding hydrogens is 467 g/mol. The number of ether oxygens (including phenoxy) is 2. The van der Waals surface area contributed by atoms with Crippen LogP contribution in [0, 0.1) is 0 Å². The van der Waals surface area contributed by atoms with E-state index in [9.17, 15) is 0 Å². The molecule has 0 saturated heterocycles. The summed E-state index contributed by atoms with van der Waals surface area (Å²) in [6, 6.07) is 8.71. The van der Waals surface area contributed by atoms with Gasteiger partial charge in [0, 0.05) is 30.5 Å². The molecule has 4 nitrogen and oxygen atoms in total. The van der Waals surface area contributed by atoms with Crippen LogP contribution in [0.25, 0.3) is 5.57 Å². The van der Waals surface area contributed by atoms with Crippen LogP contribution < -0.4 is 20.9 Å². The second kappa shape index (κ2) is 13.4. The molecule has 2 heterocycles. The number of rotatable bonds is 3. The highest BCUT2D eigenvalue weighted by atomic mass is 35.5. The van der Waals surface area contributed by atoms with Crippen LogP contribution in [0.5, 0.6) is 11.5 Å². The predicted octanol–water partition coefficient (Wildman–Crippen LogP) is 6.03. The molecular formula is C28H42Cl2N2O2. The van der Waals surface area contributed by atoms with Crippen LogP contribution in [0.15, 0.2) is 30.3 Å². The minimum atomic E-state index is 0. The fourth-order valence-electron chi connectivity index (χ4n) is 5.71. The molecule has 6 rings (SSSR count). The Morgan fingerprint density at radius 3 is 2.12 bits per heavy atom. The smallest absolute Gasteiger partial charge is 0.123 e. The zero-order valence-corrected chi connectivity index (χ0v) is 20.2. The Balaban J connectivity index is 0.000000304. The number of hydrogen-bond donors (Lipinski definition) is 2. The summed E-state index contributed by atoms with van der Waals surface area (Å²) in [5.74, 6) is 2.90. The minimum Gasteiger partial charge on any atom is -0.493 e. The van der Waals surface area contributed by atoms with Crippen molar-refractivity contribution in [3.05, 3.63) is 63.7 Å². The zero-order chi connectivity index (χ0) is 20.5. The number of allylic oxidation sites excluding steroid dienone is 1. The fraction of sp³-hybridized carbons (Fsp3) is 0.500. The first-order chi connectivity index (χ1) is 14.8. The SMILES string of the molecule is C.C.Cl.Cl.NC/C=C1\CCc2ccc3c(c21)CCO3.NCC[C@@H]1CCc2ccc3c(c21)CCO3. The normalized spacial score (nSPS) is 18.8. The summed E-state index contributed by atoms with van der Waals surface area (Å²) < 4.78 is 11.2. The molecule has 0 unspecified atom stereocenters. The van der Waals surface area contributed by atoms with Crippen LogP contribution in [-0.4, -0.2) is 26.3 Å². The van der Waals surface area contributed by atoms with Gasteiger partial charge in [-0.15, -0.1) is 24.8 Å². The fourth-order valence-corrected chi connectivity index (χ4v) is 5.71. The maximum Gasteiger partial charge on any atom is 0.123 e. The molecule has 6 heteroatoms. The van der Waals surface area contributed by atoms with Crippen molar-refractivity contribution in [1.82, 2.24) is 0 Å². The molecule has 1 atom stereocenters. The second-order valence-electron chi connectivity index (χ2n) is 8.67. The first kappa shape index (κ1) is 30.3. The Morgan fingerprint density at radius 2 is 1.44 bits per heavy atom. The van der Waals surface area contributed by atoms with E-state index in [0.717, 1.165) is 63.4 Å². The van der Waals surface area contributed by atoms with E-state index in [2.05, 4.69) is 30.3 Å². The Kier molecular flexibility index (Phi) is 11.9. The molecule has 4 N–H and O–H groups in total. The highest BCUT2D eigenvalue weighted by molar-refractivity contribution is 5.85. The van der Waals surface area contributed by atoms with Gasteiger partial charge in [0.1, 0.15) is 11.5 Å². The molecule has 190 valence electrons. The second-order valence-corrected chi connectivity index (χ2v) is 8.67. The van der Waals surface area contributed by atoms with Crippen molar-refractivity contribution < 1.29 is 9.47 Å². The molecule has 0 fully saturated rings. The van der Waals surface area contributed by atoms with Gasteiger partial charge in [0.25, 0.3) is 0 Å². The van der Waals surface area contributed by atoms with Gasteiger partial charge in [0.05, 0.1) is 13.2 Å². The Hall–Kier alpha value is -1.72. The van der Waals surface area contributed by atoms with Crippen molar-refractivity contribution in [3.8, 4) is 11.5 Å². The largest absolute Gasteiger partial charge is 0.493 e. The summed E-state index contributed by atoms with van der Waals surface area (Å²) in [6.07, 6.45) is 10.3. The van der Waals surface area contributed by atoms with Gasteiger partial charge < -0.3 is 20.9 Å². The van der Waals surface area contributed by atoms with Gasteiger partial charge in [-0.1, -0.05) is 33.1 Å². The lowest BCUT2D eigenvalue weighted by Gasteiger charge is -2.13. The van der Waals surface area contributed by atoms with E-state index in [1.807, 2.05) is 0 Å². The summed E-state index contributed by atoms with van der Waals surface area (Å²) in [6.45, 7) is 3.14. The quantitative estimate of drug-likeness (QED) is 0.531. The number of fused-ring (bicyclic) bond motifs is 6. The number of nitrogens with two attached hydrogens (primary N) is 2. The van der Waals surface area contributed by atoms with Gasteiger partial charge in [-0.05, 0) is 84.5 Å². The van der Waals surface area contributed by atoms with Gasteiger partial charge in [0.15, 0.2) is 0 Å². The standard InChI is InChI=1S/C13H17NO.C13H15NO.2CH4.2ClH/c2*14-7-5-10-2-1-9-3-4-12-11(13(9)10)6-8-15-12;;;;/h3-4,10H,1-2,5-8,14H2;3-5H,1-2,6-8,14H2;2*1H4;2*1H/b;10-5+;;;;/t10-;;;;;/m0...../s1. The molecule has 0 amide bonds. The third kappa shape index (κ3) is 5.57. The van der Waals surface area contributed by atoms with Crippen molar-refractivity contribution in [2.45, 2.75) is 65.7 Å². The molecule has 0 spiro atoms. The third-order valence-electron chi connectivity index (χ3n) is 7.01. The summed E-state index contributed by atoms with van der Waals surface area (Å²) in [5, 5.41) is 0. The third-order valence-corrected chi connectivity index (χ3v) is 7.01. The van der Waals surface area contributed by atoms with Crippen molar-refractivity contribution in [1.29, 1.82) is 0 Å². The van der Waals surface area contributed by atoms with E-state index in [1.54, 1.807) is 5.56 Å². The monoisotopic (exact) mass is 508 g/mol. The molecule has 0 saturated carbocycles. The van der Waals surface area contributed by atoms with E-state index >= 15 is 0 Å². The van der Waals surface area contributed by atoms with E-state index < -0.39 is 0 Å².